The van der Waals surface area contributed by atoms with Crippen molar-refractivity contribution in [2.75, 3.05) is 4.72 Å². The molecule has 106 valence electrons. The number of benzene rings is 1. The molecule has 0 saturated heterocycles. The zero-order valence-corrected chi connectivity index (χ0v) is 12.4. The van der Waals surface area contributed by atoms with Crippen LogP contribution in [0.2, 0.25) is 5.02 Å². The van der Waals surface area contributed by atoms with E-state index in [1.165, 1.54) is 38.2 Å². The van der Waals surface area contributed by atoms with Gasteiger partial charge in [-0.05, 0) is 49.2 Å². The quantitative estimate of drug-likeness (QED) is 0.945. The number of sulfonamides is 1. The van der Waals surface area contributed by atoms with Crippen LogP contribution in [0.15, 0.2) is 35.4 Å². The van der Waals surface area contributed by atoms with Gasteiger partial charge >= 0.3 is 0 Å². The number of nitrogens with zero attached hydrogens (tertiary/aromatic N) is 1. The topological polar surface area (TPSA) is 59.1 Å². The molecule has 0 aliphatic rings. The predicted molar refractivity (Wildman–Crippen MR) is 75.9 cm³/mol. The highest BCUT2D eigenvalue weighted by Gasteiger charge is 2.21. The summed E-state index contributed by atoms with van der Waals surface area (Å²) in [6, 6.07) is 5.45. The van der Waals surface area contributed by atoms with Crippen LogP contribution in [0.25, 0.3) is 0 Å². The average Bonchev–Trinajstić information content (AvgIpc) is 2.30. The zero-order valence-electron chi connectivity index (χ0n) is 10.8. The molecule has 0 spiro atoms. The molecule has 0 bridgehead atoms. The molecule has 1 N–H and O–H groups in total. The summed E-state index contributed by atoms with van der Waals surface area (Å²) in [4.78, 5) is 3.90. The first-order valence-corrected chi connectivity index (χ1v) is 7.57. The number of hydrogen-bond donors (Lipinski definition) is 1. The van der Waals surface area contributed by atoms with E-state index >= 15 is 0 Å². The molecular weight excluding hydrogens is 303 g/mol. The second kappa shape index (κ2) is 5.38. The molecule has 0 saturated carbocycles. The Kier molecular flexibility index (Phi) is 3.96. The van der Waals surface area contributed by atoms with Gasteiger partial charge in [0.25, 0.3) is 10.0 Å². The Balaban J connectivity index is 2.50. The van der Waals surface area contributed by atoms with Gasteiger partial charge in [-0.3, -0.25) is 4.72 Å². The molecule has 0 unspecified atom stereocenters. The molecule has 7 heteroatoms. The summed E-state index contributed by atoms with van der Waals surface area (Å²) >= 11 is 5.87. The van der Waals surface area contributed by atoms with Crippen LogP contribution in [-0.2, 0) is 10.0 Å². The van der Waals surface area contributed by atoms with Crippen LogP contribution in [0.5, 0.6) is 0 Å². The summed E-state index contributed by atoms with van der Waals surface area (Å²) in [5.74, 6) is -0.438. The van der Waals surface area contributed by atoms with E-state index < -0.39 is 15.8 Å². The van der Waals surface area contributed by atoms with Gasteiger partial charge in [0.15, 0.2) is 5.82 Å². The predicted octanol–water partition coefficient (Wildman–Crippen LogP) is 3.29. The van der Waals surface area contributed by atoms with E-state index in [0.29, 0.717) is 11.1 Å². The van der Waals surface area contributed by atoms with Crippen molar-refractivity contribution in [3.63, 3.8) is 0 Å². The van der Waals surface area contributed by atoms with Crippen LogP contribution >= 0.6 is 11.6 Å². The Morgan fingerprint density at radius 1 is 1.25 bits per heavy atom. The molecular formula is C13H12ClFN2O2S. The zero-order chi connectivity index (χ0) is 14.9. The lowest BCUT2D eigenvalue weighted by molar-refractivity contribution is 0.597. The summed E-state index contributed by atoms with van der Waals surface area (Å²) in [5, 5.41) is 0.188. The van der Waals surface area contributed by atoms with Gasteiger partial charge < -0.3 is 0 Å². The number of aromatic nitrogens is 1. The van der Waals surface area contributed by atoms with E-state index in [-0.39, 0.29) is 15.7 Å². The van der Waals surface area contributed by atoms with Crippen molar-refractivity contribution in [2.24, 2.45) is 0 Å². The van der Waals surface area contributed by atoms with Gasteiger partial charge in [0.2, 0.25) is 0 Å². The van der Waals surface area contributed by atoms with Crippen molar-refractivity contribution in [3.8, 4) is 0 Å². The molecule has 1 aromatic carbocycles. The normalized spacial score (nSPS) is 11.4. The number of rotatable bonds is 3. The lowest BCUT2D eigenvalue weighted by atomic mass is 10.1. The lowest BCUT2D eigenvalue weighted by Gasteiger charge is -2.13. The second-order valence-electron chi connectivity index (χ2n) is 4.31. The van der Waals surface area contributed by atoms with E-state index in [9.17, 15) is 12.8 Å². The average molecular weight is 315 g/mol. The van der Waals surface area contributed by atoms with E-state index in [4.69, 9.17) is 11.6 Å². The Labute approximate surface area is 121 Å². The molecule has 1 heterocycles. The Morgan fingerprint density at radius 2 is 1.85 bits per heavy atom. The molecule has 20 heavy (non-hydrogen) atoms. The molecule has 0 aliphatic heterocycles. The SMILES string of the molecule is Cc1cc(F)cc(C)c1S(=O)(=O)Nc1ncccc1Cl. The van der Waals surface area contributed by atoms with Crippen molar-refractivity contribution < 1.29 is 12.8 Å². The summed E-state index contributed by atoms with van der Waals surface area (Å²) < 4.78 is 40.3. The fourth-order valence-electron chi connectivity index (χ4n) is 1.96. The maximum atomic E-state index is 13.2. The van der Waals surface area contributed by atoms with Crippen molar-refractivity contribution >= 4 is 27.4 Å². The van der Waals surface area contributed by atoms with E-state index in [1.54, 1.807) is 6.07 Å². The summed E-state index contributed by atoms with van der Waals surface area (Å²) in [5.41, 5.74) is 0.643. The van der Waals surface area contributed by atoms with Gasteiger partial charge in [0, 0.05) is 6.20 Å². The number of aryl methyl sites for hydroxylation is 2. The Hall–Kier alpha value is -1.66. The molecule has 0 atom stereocenters. The summed E-state index contributed by atoms with van der Waals surface area (Å²) in [7, 11) is -3.88. The van der Waals surface area contributed by atoms with Crippen LogP contribution in [0.4, 0.5) is 10.2 Å². The van der Waals surface area contributed by atoms with Gasteiger partial charge in [0.1, 0.15) is 5.82 Å². The fourth-order valence-corrected chi connectivity index (χ4v) is 3.67. The summed E-state index contributed by atoms with van der Waals surface area (Å²) in [6.45, 7) is 3.06. The maximum absolute atomic E-state index is 13.2. The van der Waals surface area contributed by atoms with Crippen LogP contribution in [0.1, 0.15) is 11.1 Å². The maximum Gasteiger partial charge on any atom is 0.263 e. The Bertz CT molecular complexity index is 740. The number of anilines is 1. The monoisotopic (exact) mass is 314 g/mol. The lowest BCUT2D eigenvalue weighted by Crippen LogP contribution is -2.17. The highest BCUT2D eigenvalue weighted by molar-refractivity contribution is 7.92. The van der Waals surface area contributed by atoms with E-state index in [1.807, 2.05) is 0 Å². The van der Waals surface area contributed by atoms with Gasteiger partial charge in [-0.1, -0.05) is 11.6 Å². The second-order valence-corrected chi connectivity index (χ2v) is 6.33. The standard InChI is InChI=1S/C13H12ClFN2O2S/c1-8-6-10(15)7-9(2)12(8)20(18,19)17-13-11(14)4-3-5-16-13/h3-7H,1-2H3,(H,16,17). The van der Waals surface area contributed by atoms with Crippen molar-refractivity contribution in [1.29, 1.82) is 0 Å². The molecule has 0 amide bonds. The van der Waals surface area contributed by atoms with Crippen LogP contribution < -0.4 is 4.72 Å². The van der Waals surface area contributed by atoms with Gasteiger partial charge in [0.05, 0.1) is 9.92 Å². The minimum absolute atomic E-state index is 0.0284. The molecule has 4 nitrogen and oxygen atoms in total. The van der Waals surface area contributed by atoms with Crippen molar-refractivity contribution in [2.45, 2.75) is 18.7 Å². The first-order valence-electron chi connectivity index (χ1n) is 5.71. The molecule has 0 radical (unpaired) electrons. The Morgan fingerprint density at radius 3 is 2.40 bits per heavy atom. The van der Waals surface area contributed by atoms with Gasteiger partial charge in [-0.15, -0.1) is 0 Å². The number of hydrogen-bond acceptors (Lipinski definition) is 3. The summed E-state index contributed by atoms with van der Waals surface area (Å²) in [6.07, 6.45) is 1.42. The smallest absolute Gasteiger partial charge is 0.262 e. The molecule has 2 rings (SSSR count). The first kappa shape index (κ1) is 14.7. The molecule has 0 aliphatic carbocycles. The first-order chi connectivity index (χ1) is 9.31. The minimum atomic E-state index is -3.88. The molecule has 0 fully saturated rings. The largest absolute Gasteiger partial charge is 0.263 e. The van der Waals surface area contributed by atoms with E-state index in [2.05, 4.69) is 9.71 Å². The van der Waals surface area contributed by atoms with Gasteiger partial charge in [-0.25, -0.2) is 17.8 Å². The number of pyridine rings is 1. The van der Waals surface area contributed by atoms with E-state index in [0.717, 1.165) is 0 Å². The fraction of sp³-hybridized carbons (Fsp3) is 0.154. The van der Waals surface area contributed by atoms with Crippen molar-refractivity contribution in [1.82, 2.24) is 4.98 Å². The van der Waals surface area contributed by atoms with Crippen LogP contribution in [0, 0.1) is 19.7 Å². The highest BCUT2D eigenvalue weighted by atomic mass is 35.5. The minimum Gasteiger partial charge on any atom is -0.262 e. The van der Waals surface area contributed by atoms with Crippen LogP contribution in [0.3, 0.4) is 0 Å². The molecule has 1 aromatic heterocycles. The third-order valence-corrected chi connectivity index (χ3v) is 4.63. The highest BCUT2D eigenvalue weighted by Crippen LogP contribution is 2.26. The van der Waals surface area contributed by atoms with Crippen molar-refractivity contribution in [3.05, 3.63) is 52.4 Å². The number of halogens is 2. The number of nitrogens with one attached hydrogen (secondary N) is 1. The molecule has 2 aromatic rings. The third kappa shape index (κ3) is 2.91. The van der Waals surface area contributed by atoms with Crippen LogP contribution in [-0.4, -0.2) is 13.4 Å². The third-order valence-electron chi connectivity index (χ3n) is 2.68. The van der Waals surface area contributed by atoms with Gasteiger partial charge in [-0.2, -0.15) is 0 Å².